The van der Waals surface area contributed by atoms with Gasteiger partial charge in [-0.1, -0.05) is 86.1 Å². The lowest BCUT2D eigenvalue weighted by molar-refractivity contribution is -0.123. The van der Waals surface area contributed by atoms with E-state index in [0.717, 1.165) is 24.2 Å². The van der Waals surface area contributed by atoms with Gasteiger partial charge in [-0.05, 0) is 11.1 Å². The summed E-state index contributed by atoms with van der Waals surface area (Å²) >= 11 is 7.14. The van der Waals surface area contributed by atoms with E-state index >= 15 is 0 Å². The number of alkyl halides is 1. The van der Waals surface area contributed by atoms with Gasteiger partial charge >= 0.3 is 0 Å². The van der Waals surface area contributed by atoms with Gasteiger partial charge in [-0.2, -0.15) is 5.06 Å². The van der Waals surface area contributed by atoms with E-state index in [1.54, 1.807) is 0 Å². The van der Waals surface area contributed by atoms with Crippen LogP contribution in [-0.2, 0) is 5.00 Å². The Morgan fingerprint density at radius 2 is 1.17 bits per heavy atom. The molecular formula is C19H25ClN2O. The van der Waals surface area contributed by atoms with E-state index in [-0.39, 0.29) is 0 Å². The van der Waals surface area contributed by atoms with Crippen LogP contribution < -0.4 is 0 Å². The minimum Gasteiger partial charge on any atom is -0.314 e. The van der Waals surface area contributed by atoms with E-state index in [0.29, 0.717) is 13.1 Å². The summed E-state index contributed by atoms with van der Waals surface area (Å²) in [6.07, 6.45) is 0. The van der Waals surface area contributed by atoms with Crippen molar-refractivity contribution in [3.63, 3.8) is 0 Å². The Kier molecular flexibility index (Phi) is 6.60. The number of hydrogen-bond acceptors (Lipinski definition) is 3. The van der Waals surface area contributed by atoms with Crippen LogP contribution in [-0.4, -0.2) is 41.3 Å². The summed E-state index contributed by atoms with van der Waals surface area (Å²) in [4.78, 5) is 1.54. The Balaban J connectivity index is 0.000000924. The molecule has 4 heteroatoms. The number of hydroxylamine groups is 2. The number of piperazine rings is 1. The smallest absolute Gasteiger partial charge is 0.147 e. The van der Waals surface area contributed by atoms with Crippen molar-refractivity contribution in [1.29, 1.82) is 0 Å². The van der Waals surface area contributed by atoms with Gasteiger partial charge in [-0.3, -0.25) is 4.90 Å². The van der Waals surface area contributed by atoms with E-state index in [2.05, 4.69) is 29.2 Å². The number of halogens is 1. The first-order chi connectivity index (χ1) is 11.2. The van der Waals surface area contributed by atoms with Crippen molar-refractivity contribution in [2.45, 2.75) is 18.8 Å². The monoisotopic (exact) mass is 332 g/mol. The van der Waals surface area contributed by atoms with Gasteiger partial charge in [-0.15, -0.1) is 0 Å². The van der Waals surface area contributed by atoms with Crippen LogP contribution in [0.1, 0.15) is 25.0 Å². The molecule has 0 amide bonds. The van der Waals surface area contributed by atoms with Gasteiger partial charge in [0.15, 0.2) is 0 Å². The highest BCUT2D eigenvalue weighted by atomic mass is 35.5. The van der Waals surface area contributed by atoms with Crippen LogP contribution in [0.15, 0.2) is 60.7 Å². The predicted molar refractivity (Wildman–Crippen MR) is 95.8 cm³/mol. The third kappa shape index (κ3) is 3.93. The molecule has 0 atom stereocenters. The van der Waals surface area contributed by atoms with Crippen molar-refractivity contribution < 1.29 is 5.21 Å². The quantitative estimate of drug-likeness (QED) is 0.675. The van der Waals surface area contributed by atoms with E-state index < -0.39 is 5.00 Å². The SMILES string of the molecule is CC.ON1CCN(C(Cl)(c2ccccc2)c2ccccc2)CC1. The standard InChI is InChI=1S/C17H19ClN2O.C2H6/c18-17(15-7-3-1-4-8-15,16-9-5-2-6-10-16)19-11-13-20(21)14-12-19;1-2/h1-10,21H,11-14H2;1-2H3. The van der Waals surface area contributed by atoms with Crippen molar-refractivity contribution >= 4 is 11.6 Å². The molecule has 1 heterocycles. The van der Waals surface area contributed by atoms with Crippen LogP contribution in [0.4, 0.5) is 0 Å². The molecule has 2 aromatic carbocycles. The summed E-state index contributed by atoms with van der Waals surface area (Å²) in [7, 11) is 0. The number of benzene rings is 2. The maximum absolute atomic E-state index is 9.60. The Morgan fingerprint density at radius 1 is 0.783 bits per heavy atom. The largest absolute Gasteiger partial charge is 0.314 e. The van der Waals surface area contributed by atoms with E-state index in [9.17, 15) is 5.21 Å². The van der Waals surface area contributed by atoms with Crippen molar-refractivity contribution in [3.05, 3.63) is 71.8 Å². The second kappa shape index (κ2) is 8.46. The van der Waals surface area contributed by atoms with Gasteiger partial charge in [0.25, 0.3) is 0 Å². The first-order valence-corrected chi connectivity index (χ1v) is 8.58. The Labute approximate surface area is 144 Å². The molecule has 3 nitrogen and oxygen atoms in total. The van der Waals surface area contributed by atoms with E-state index in [1.165, 1.54) is 5.06 Å². The lowest BCUT2D eigenvalue weighted by atomic mass is 9.95. The molecule has 124 valence electrons. The van der Waals surface area contributed by atoms with Gasteiger partial charge < -0.3 is 5.21 Å². The van der Waals surface area contributed by atoms with Crippen LogP contribution >= 0.6 is 11.6 Å². The summed E-state index contributed by atoms with van der Waals surface area (Å²) in [5.41, 5.74) is 2.12. The van der Waals surface area contributed by atoms with Crippen molar-refractivity contribution in [1.82, 2.24) is 9.96 Å². The first kappa shape index (κ1) is 18.0. The molecule has 1 fully saturated rings. The molecule has 0 saturated carbocycles. The van der Waals surface area contributed by atoms with Crippen LogP contribution in [0, 0.1) is 0 Å². The summed E-state index contributed by atoms with van der Waals surface area (Å²) in [6, 6.07) is 20.3. The second-order valence-corrected chi connectivity index (χ2v) is 5.84. The average molecular weight is 333 g/mol. The number of hydrogen-bond donors (Lipinski definition) is 1. The Bertz CT molecular complexity index is 529. The predicted octanol–water partition coefficient (Wildman–Crippen LogP) is 4.16. The van der Waals surface area contributed by atoms with Crippen molar-refractivity contribution in [3.8, 4) is 0 Å². The number of rotatable bonds is 3. The Hall–Kier alpha value is -1.39. The zero-order valence-corrected chi connectivity index (χ0v) is 14.6. The van der Waals surface area contributed by atoms with Crippen LogP contribution in [0.2, 0.25) is 0 Å². The molecule has 23 heavy (non-hydrogen) atoms. The topological polar surface area (TPSA) is 26.7 Å². The van der Waals surface area contributed by atoms with E-state index in [1.807, 2.05) is 50.2 Å². The Morgan fingerprint density at radius 3 is 1.57 bits per heavy atom. The summed E-state index contributed by atoms with van der Waals surface area (Å²) < 4.78 is 0. The van der Waals surface area contributed by atoms with Crippen molar-refractivity contribution in [2.75, 3.05) is 26.2 Å². The molecule has 1 saturated heterocycles. The summed E-state index contributed by atoms with van der Waals surface area (Å²) in [6.45, 7) is 6.66. The minimum atomic E-state index is -0.691. The molecule has 0 radical (unpaired) electrons. The minimum absolute atomic E-state index is 0.605. The molecule has 0 unspecified atom stereocenters. The maximum Gasteiger partial charge on any atom is 0.147 e. The molecule has 2 aromatic rings. The van der Waals surface area contributed by atoms with Gasteiger partial charge in [-0.25, -0.2) is 0 Å². The van der Waals surface area contributed by atoms with Crippen molar-refractivity contribution in [2.24, 2.45) is 0 Å². The average Bonchev–Trinajstić information content (AvgIpc) is 2.65. The van der Waals surface area contributed by atoms with Gasteiger partial charge in [0.1, 0.15) is 5.00 Å². The third-order valence-electron chi connectivity index (χ3n) is 4.00. The fourth-order valence-electron chi connectivity index (χ4n) is 2.85. The second-order valence-electron chi connectivity index (χ2n) is 5.29. The summed E-state index contributed by atoms with van der Waals surface area (Å²) in [5, 5.41) is 10.9. The molecule has 0 spiro atoms. The molecule has 0 aromatic heterocycles. The first-order valence-electron chi connectivity index (χ1n) is 8.20. The lowest BCUT2D eigenvalue weighted by Crippen LogP contribution is -2.52. The van der Waals surface area contributed by atoms with Gasteiger partial charge in [0.05, 0.1) is 0 Å². The molecule has 0 bridgehead atoms. The molecule has 1 aliphatic heterocycles. The fraction of sp³-hybridized carbons (Fsp3) is 0.368. The maximum atomic E-state index is 9.60. The van der Waals surface area contributed by atoms with Crippen LogP contribution in [0.3, 0.4) is 0 Å². The fourth-order valence-corrected chi connectivity index (χ4v) is 3.27. The molecular weight excluding hydrogens is 308 g/mol. The van der Waals surface area contributed by atoms with Crippen LogP contribution in [0.25, 0.3) is 0 Å². The summed E-state index contributed by atoms with van der Waals surface area (Å²) in [5.74, 6) is 0. The highest BCUT2D eigenvalue weighted by Gasteiger charge is 2.39. The van der Waals surface area contributed by atoms with Gasteiger partial charge in [0, 0.05) is 26.2 Å². The van der Waals surface area contributed by atoms with E-state index in [4.69, 9.17) is 11.6 Å². The zero-order chi connectivity index (χ0) is 16.7. The molecule has 3 rings (SSSR count). The molecule has 0 aliphatic carbocycles. The molecule has 1 aliphatic rings. The normalized spacial score (nSPS) is 16.5. The highest BCUT2D eigenvalue weighted by molar-refractivity contribution is 6.25. The molecule has 1 N–H and O–H groups in total. The lowest BCUT2D eigenvalue weighted by Gasteiger charge is -2.43. The highest BCUT2D eigenvalue weighted by Crippen LogP contribution is 2.40. The van der Waals surface area contributed by atoms with Crippen LogP contribution in [0.5, 0.6) is 0 Å². The van der Waals surface area contributed by atoms with Gasteiger partial charge in [0.2, 0.25) is 0 Å². The zero-order valence-electron chi connectivity index (χ0n) is 13.8. The third-order valence-corrected chi connectivity index (χ3v) is 4.68. The number of nitrogens with zero attached hydrogens (tertiary/aromatic N) is 2.